The minimum absolute atomic E-state index is 0.0633. The van der Waals surface area contributed by atoms with E-state index in [0.29, 0.717) is 50.3 Å². The summed E-state index contributed by atoms with van der Waals surface area (Å²) in [4.78, 5) is 27.6. The number of unbranched alkanes of at least 4 members (excludes halogenated alkanes) is 2. The number of rotatable bonds is 18. The van der Waals surface area contributed by atoms with Gasteiger partial charge in [0.15, 0.2) is 5.78 Å². The fourth-order valence-corrected chi connectivity index (χ4v) is 5.08. The van der Waals surface area contributed by atoms with Crippen molar-refractivity contribution < 1.29 is 24.2 Å². The van der Waals surface area contributed by atoms with Gasteiger partial charge < -0.3 is 24.8 Å². The second-order valence-electron chi connectivity index (χ2n) is 11.3. The van der Waals surface area contributed by atoms with Crippen molar-refractivity contribution in [2.45, 2.75) is 83.8 Å². The van der Waals surface area contributed by atoms with Gasteiger partial charge in [0.05, 0.1) is 19.8 Å². The van der Waals surface area contributed by atoms with Gasteiger partial charge in [-0.2, -0.15) is 0 Å². The highest BCUT2D eigenvalue weighted by atomic mass is 16.5. The molecule has 1 aliphatic rings. The third-order valence-electron chi connectivity index (χ3n) is 7.52. The van der Waals surface area contributed by atoms with E-state index in [4.69, 9.17) is 9.47 Å². The summed E-state index contributed by atoms with van der Waals surface area (Å²) in [5.74, 6) is 2.19. The summed E-state index contributed by atoms with van der Waals surface area (Å²) < 4.78 is 11.0. The molecular weight excluding hydrogens is 504 g/mol. The molecule has 0 unspecified atom stereocenters. The second kappa shape index (κ2) is 17.0. The first kappa shape index (κ1) is 31.6. The summed E-state index contributed by atoms with van der Waals surface area (Å²) in [5, 5.41) is 14.3. The van der Waals surface area contributed by atoms with E-state index in [9.17, 15) is 14.7 Å². The standard InChI is InChI=1S/C33H48N2O5/c1-25(2)10-6-9-23-40-29-19-15-27(16-20-29)33(38)30(24-35-21-7-8-22-35)34-32(37)12-5-4-11-31(36)26-13-17-28(39-3)18-14-26/h13-20,25,30,33,38H,4-12,21-24H2,1-3H3,(H,34,37)/t30-,33-/m1/s1. The summed E-state index contributed by atoms with van der Waals surface area (Å²) in [6.45, 7) is 7.73. The largest absolute Gasteiger partial charge is 0.497 e. The van der Waals surface area contributed by atoms with Gasteiger partial charge in [-0.25, -0.2) is 0 Å². The van der Waals surface area contributed by atoms with E-state index in [1.807, 2.05) is 24.3 Å². The molecule has 2 aromatic rings. The molecule has 2 atom stereocenters. The third kappa shape index (κ3) is 10.9. The van der Waals surface area contributed by atoms with Crippen LogP contribution in [0.3, 0.4) is 0 Å². The Morgan fingerprint density at radius 3 is 2.20 bits per heavy atom. The van der Waals surface area contributed by atoms with E-state index in [1.54, 1.807) is 31.4 Å². The van der Waals surface area contributed by atoms with Crippen LogP contribution in [0, 0.1) is 5.92 Å². The van der Waals surface area contributed by atoms with Crippen LogP contribution in [0.1, 0.15) is 93.7 Å². The van der Waals surface area contributed by atoms with Gasteiger partial charge >= 0.3 is 0 Å². The Labute approximate surface area is 240 Å². The van der Waals surface area contributed by atoms with Crippen molar-refractivity contribution in [3.05, 3.63) is 59.7 Å². The van der Waals surface area contributed by atoms with E-state index in [-0.39, 0.29) is 11.7 Å². The molecule has 1 fully saturated rings. The van der Waals surface area contributed by atoms with E-state index in [0.717, 1.165) is 55.8 Å². The normalized spacial score (nSPS) is 15.1. The van der Waals surface area contributed by atoms with E-state index in [2.05, 4.69) is 24.1 Å². The van der Waals surface area contributed by atoms with Gasteiger partial charge in [-0.05, 0) is 99.5 Å². The zero-order valence-electron chi connectivity index (χ0n) is 24.6. The quantitative estimate of drug-likeness (QED) is 0.175. The number of aliphatic hydroxyl groups is 1. The molecule has 1 heterocycles. The Bertz CT molecular complexity index is 1020. The molecule has 1 amide bonds. The number of aliphatic hydroxyl groups excluding tert-OH is 1. The van der Waals surface area contributed by atoms with Gasteiger partial charge in [0.2, 0.25) is 5.91 Å². The highest BCUT2D eigenvalue weighted by molar-refractivity contribution is 5.96. The number of ketones is 1. The van der Waals surface area contributed by atoms with Crippen molar-refractivity contribution in [3.8, 4) is 11.5 Å². The molecule has 0 aromatic heterocycles. The number of benzene rings is 2. The summed E-state index contributed by atoms with van der Waals surface area (Å²) >= 11 is 0. The van der Waals surface area contributed by atoms with Crippen LogP contribution in [0.4, 0.5) is 0 Å². The number of ether oxygens (including phenoxy) is 2. The van der Waals surface area contributed by atoms with Gasteiger partial charge in [-0.3, -0.25) is 9.59 Å². The Hall–Kier alpha value is -2.90. The molecule has 0 radical (unpaired) electrons. The number of carbonyl (C=O) groups excluding carboxylic acids is 2. The van der Waals surface area contributed by atoms with Crippen LogP contribution < -0.4 is 14.8 Å². The SMILES string of the molecule is COc1ccc(C(=O)CCCCC(=O)N[C@H](CN2CCCC2)[C@H](O)c2ccc(OCCCCC(C)C)cc2)cc1. The number of amides is 1. The van der Waals surface area contributed by atoms with Crippen LogP contribution in [0.2, 0.25) is 0 Å². The molecule has 0 bridgehead atoms. The van der Waals surface area contributed by atoms with Crippen LogP contribution in [-0.2, 0) is 4.79 Å². The molecule has 7 heteroatoms. The average molecular weight is 553 g/mol. The Kier molecular flexibility index (Phi) is 13.5. The molecule has 40 heavy (non-hydrogen) atoms. The average Bonchev–Trinajstić information content (AvgIpc) is 3.48. The smallest absolute Gasteiger partial charge is 0.220 e. The van der Waals surface area contributed by atoms with Crippen molar-refractivity contribution in [3.63, 3.8) is 0 Å². The number of hydrogen-bond acceptors (Lipinski definition) is 6. The van der Waals surface area contributed by atoms with Gasteiger partial charge in [0.1, 0.15) is 17.6 Å². The zero-order valence-corrected chi connectivity index (χ0v) is 24.6. The summed E-state index contributed by atoms with van der Waals surface area (Å²) in [6, 6.07) is 14.3. The first-order valence-corrected chi connectivity index (χ1v) is 15.0. The third-order valence-corrected chi connectivity index (χ3v) is 7.52. The molecule has 1 aliphatic heterocycles. The van der Waals surface area contributed by atoms with Gasteiger partial charge in [0, 0.05) is 24.9 Å². The monoisotopic (exact) mass is 552 g/mol. The van der Waals surface area contributed by atoms with Gasteiger partial charge in [-0.15, -0.1) is 0 Å². The maximum absolute atomic E-state index is 12.9. The van der Waals surface area contributed by atoms with Crippen molar-refractivity contribution >= 4 is 11.7 Å². The highest BCUT2D eigenvalue weighted by Gasteiger charge is 2.26. The van der Waals surface area contributed by atoms with Crippen LogP contribution >= 0.6 is 0 Å². The molecule has 0 saturated carbocycles. The number of nitrogens with zero attached hydrogens (tertiary/aromatic N) is 1. The molecule has 2 N–H and O–H groups in total. The predicted octanol–water partition coefficient (Wildman–Crippen LogP) is 5.96. The Morgan fingerprint density at radius 1 is 0.900 bits per heavy atom. The molecule has 0 spiro atoms. The zero-order chi connectivity index (χ0) is 28.7. The van der Waals surface area contributed by atoms with E-state index >= 15 is 0 Å². The fraction of sp³-hybridized carbons (Fsp3) is 0.576. The number of hydrogen-bond donors (Lipinski definition) is 2. The van der Waals surface area contributed by atoms with Crippen LogP contribution in [0.15, 0.2) is 48.5 Å². The summed E-state index contributed by atoms with van der Waals surface area (Å²) in [6.07, 6.45) is 6.83. The lowest BCUT2D eigenvalue weighted by Crippen LogP contribution is -2.46. The van der Waals surface area contributed by atoms with E-state index < -0.39 is 12.1 Å². The number of methoxy groups -OCH3 is 1. The lowest BCUT2D eigenvalue weighted by molar-refractivity contribution is -0.123. The van der Waals surface area contributed by atoms with Crippen molar-refractivity contribution in [1.82, 2.24) is 10.2 Å². The summed E-state index contributed by atoms with van der Waals surface area (Å²) in [5.41, 5.74) is 1.42. The molecule has 220 valence electrons. The van der Waals surface area contributed by atoms with Crippen LogP contribution in [0.25, 0.3) is 0 Å². The lowest BCUT2D eigenvalue weighted by atomic mass is 10.0. The predicted molar refractivity (Wildman–Crippen MR) is 159 cm³/mol. The van der Waals surface area contributed by atoms with Crippen molar-refractivity contribution in [2.75, 3.05) is 33.4 Å². The number of nitrogens with one attached hydrogen (secondary N) is 1. The minimum atomic E-state index is -0.818. The number of Topliss-reactive ketones (excluding diaryl/α,β-unsaturated/α-hetero) is 1. The number of likely N-dealkylation sites (tertiary alicyclic amines) is 1. The van der Waals surface area contributed by atoms with Crippen molar-refractivity contribution in [1.29, 1.82) is 0 Å². The molecule has 0 aliphatic carbocycles. The Balaban J connectivity index is 1.47. The molecule has 1 saturated heterocycles. The van der Waals surface area contributed by atoms with Crippen LogP contribution in [0.5, 0.6) is 11.5 Å². The fourth-order valence-electron chi connectivity index (χ4n) is 5.08. The minimum Gasteiger partial charge on any atom is -0.497 e. The maximum atomic E-state index is 12.9. The molecule has 2 aromatic carbocycles. The number of carbonyl (C=O) groups is 2. The lowest BCUT2D eigenvalue weighted by Gasteiger charge is -2.29. The highest BCUT2D eigenvalue weighted by Crippen LogP contribution is 2.23. The first-order chi connectivity index (χ1) is 19.4. The maximum Gasteiger partial charge on any atom is 0.220 e. The van der Waals surface area contributed by atoms with Crippen LogP contribution in [-0.4, -0.2) is 61.1 Å². The molecule has 7 nitrogen and oxygen atoms in total. The Morgan fingerprint density at radius 2 is 1.55 bits per heavy atom. The van der Waals surface area contributed by atoms with Crippen molar-refractivity contribution in [2.24, 2.45) is 5.92 Å². The molecule has 3 rings (SSSR count). The first-order valence-electron chi connectivity index (χ1n) is 15.0. The van der Waals surface area contributed by atoms with Gasteiger partial charge in [-0.1, -0.05) is 32.4 Å². The topological polar surface area (TPSA) is 88.1 Å². The van der Waals surface area contributed by atoms with Gasteiger partial charge in [0.25, 0.3) is 0 Å². The second-order valence-corrected chi connectivity index (χ2v) is 11.3. The molecular formula is C33H48N2O5. The van der Waals surface area contributed by atoms with E-state index in [1.165, 1.54) is 6.42 Å². The summed E-state index contributed by atoms with van der Waals surface area (Å²) in [7, 11) is 1.60.